The smallest absolute Gasteiger partial charge is 0.0178 e. The highest BCUT2D eigenvalue weighted by atomic mass is 79.9. The minimum Gasteiger partial charge on any atom is -0.0576 e. The lowest BCUT2D eigenvalue weighted by Gasteiger charge is -1.96. The summed E-state index contributed by atoms with van der Waals surface area (Å²) in [5.74, 6) is 0. The summed E-state index contributed by atoms with van der Waals surface area (Å²) in [5.41, 5.74) is 2.90. The third-order valence-corrected chi connectivity index (χ3v) is 2.38. The fourth-order valence-electron chi connectivity index (χ4n) is 1.37. The lowest BCUT2D eigenvalue weighted by Crippen LogP contribution is -1.78. The van der Waals surface area contributed by atoms with Crippen LogP contribution in [0.5, 0.6) is 0 Å². The first-order chi connectivity index (χ1) is 4.86. The van der Waals surface area contributed by atoms with Gasteiger partial charge in [0.25, 0.3) is 0 Å². The van der Waals surface area contributed by atoms with E-state index in [4.69, 9.17) is 0 Å². The van der Waals surface area contributed by atoms with Crippen molar-refractivity contribution in [3.8, 4) is 0 Å². The van der Waals surface area contributed by atoms with Gasteiger partial charge in [-0.1, -0.05) is 22.0 Å². The number of benzene rings is 1. The maximum Gasteiger partial charge on any atom is 0.0178 e. The first-order valence-electron chi connectivity index (χ1n) is 3.48. The third kappa shape index (κ3) is 0.988. The van der Waals surface area contributed by atoms with Crippen LogP contribution in [-0.2, 0) is 6.42 Å². The molecule has 1 aliphatic rings. The Hall–Kier alpha value is -0.300. The molecule has 0 saturated carbocycles. The summed E-state index contributed by atoms with van der Waals surface area (Å²) >= 11 is 3.44. The van der Waals surface area contributed by atoms with Crippen molar-refractivity contribution in [1.82, 2.24) is 0 Å². The molecule has 1 radical (unpaired) electrons. The summed E-state index contributed by atoms with van der Waals surface area (Å²) in [6, 6.07) is 6.49. The molecule has 1 aliphatic carbocycles. The average Bonchev–Trinajstić information content (AvgIpc) is 2.33. The SMILES string of the molecule is Brc1ccc2c(c1)[CH]CC2. The van der Waals surface area contributed by atoms with Crippen LogP contribution in [0.3, 0.4) is 0 Å². The van der Waals surface area contributed by atoms with Crippen LogP contribution in [0.1, 0.15) is 17.5 Å². The largest absolute Gasteiger partial charge is 0.0576 e. The first-order valence-corrected chi connectivity index (χ1v) is 4.27. The van der Waals surface area contributed by atoms with Crippen molar-refractivity contribution in [3.63, 3.8) is 0 Å². The number of fused-ring (bicyclic) bond motifs is 1. The van der Waals surface area contributed by atoms with Crippen LogP contribution < -0.4 is 0 Å². The molecule has 0 aliphatic heterocycles. The van der Waals surface area contributed by atoms with Crippen molar-refractivity contribution in [2.24, 2.45) is 0 Å². The monoisotopic (exact) mass is 195 g/mol. The molecule has 0 saturated heterocycles. The highest BCUT2D eigenvalue weighted by Gasteiger charge is 2.09. The van der Waals surface area contributed by atoms with Gasteiger partial charge in [0.2, 0.25) is 0 Å². The van der Waals surface area contributed by atoms with E-state index < -0.39 is 0 Å². The molecule has 1 aromatic rings. The Kier molecular flexibility index (Phi) is 1.53. The van der Waals surface area contributed by atoms with Crippen molar-refractivity contribution in [2.45, 2.75) is 12.8 Å². The summed E-state index contributed by atoms with van der Waals surface area (Å²) in [6.45, 7) is 0. The van der Waals surface area contributed by atoms with Gasteiger partial charge in [-0.2, -0.15) is 0 Å². The van der Waals surface area contributed by atoms with Crippen molar-refractivity contribution >= 4 is 15.9 Å². The molecule has 1 heteroatoms. The minimum absolute atomic E-state index is 1.18. The fraction of sp³-hybridized carbons (Fsp3) is 0.222. The Balaban J connectivity index is 2.52. The second-order valence-corrected chi connectivity index (χ2v) is 3.50. The van der Waals surface area contributed by atoms with E-state index in [9.17, 15) is 0 Å². The Morgan fingerprint density at radius 1 is 1.30 bits per heavy atom. The number of rotatable bonds is 0. The normalized spacial score (nSPS) is 15.3. The van der Waals surface area contributed by atoms with E-state index in [0.29, 0.717) is 0 Å². The maximum absolute atomic E-state index is 3.44. The van der Waals surface area contributed by atoms with Gasteiger partial charge in [-0.25, -0.2) is 0 Å². The molecular weight excluding hydrogens is 188 g/mol. The van der Waals surface area contributed by atoms with Gasteiger partial charge in [0, 0.05) is 4.47 Å². The second-order valence-electron chi connectivity index (χ2n) is 2.59. The molecule has 0 atom stereocenters. The van der Waals surface area contributed by atoms with Crippen LogP contribution in [0.15, 0.2) is 22.7 Å². The molecule has 2 rings (SSSR count). The molecule has 51 valence electrons. The predicted molar refractivity (Wildman–Crippen MR) is 45.9 cm³/mol. The average molecular weight is 196 g/mol. The molecule has 10 heavy (non-hydrogen) atoms. The summed E-state index contributed by atoms with van der Waals surface area (Å²) in [6.07, 6.45) is 4.73. The summed E-state index contributed by atoms with van der Waals surface area (Å²) in [4.78, 5) is 0. The highest BCUT2D eigenvalue weighted by molar-refractivity contribution is 9.10. The second kappa shape index (κ2) is 2.39. The van der Waals surface area contributed by atoms with Crippen molar-refractivity contribution < 1.29 is 0 Å². The predicted octanol–water partition coefficient (Wildman–Crippen LogP) is 2.95. The molecule has 0 bridgehead atoms. The number of aryl methyl sites for hydroxylation is 1. The van der Waals surface area contributed by atoms with Crippen molar-refractivity contribution in [3.05, 3.63) is 40.2 Å². The zero-order valence-corrected chi connectivity index (χ0v) is 7.19. The van der Waals surface area contributed by atoms with Gasteiger partial charge in [0.15, 0.2) is 0 Å². The number of hydrogen-bond donors (Lipinski definition) is 0. The molecule has 0 spiro atoms. The Morgan fingerprint density at radius 2 is 2.20 bits per heavy atom. The van der Waals surface area contributed by atoms with Gasteiger partial charge in [0.1, 0.15) is 0 Å². The Bertz CT molecular complexity index is 253. The molecule has 0 nitrogen and oxygen atoms in total. The minimum atomic E-state index is 1.18. The number of hydrogen-bond acceptors (Lipinski definition) is 0. The van der Waals surface area contributed by atoms with E-state index in [0.717, 1.165) is 0 Å². The fourth-order valence-corrected chi connectivity index (χ4v) is 1.75. The molecule has 0 aromatic heterocycles. The summed E-state index contributed by atoms with van der Waals surface area (Å²) in [5, 5.41) is 0. The summed E-state index contributed by atoms with van der Waals surface area (Å²) in [7, 11) is 0. The van der Waals surface area contributed by atoms with Gasteiger partial charge in [-0.3, -0.25) is 0 Å². The van der Waals surface area contributed by atoms with Crippen LogP contribution in [0, 0.1) is 6.42 Å². The van der Waals surface area contributed by atoms with Gasteiger partial charge in [-0.15, -0.1) is 0 Å². The van der Waals surface area contributed by atoms with E-state index in [-0.39, 0.29) is 0 Å². The third-order valence-electron chi connectivity index (χ3n) is 1.89. The molecule has 0 unspecified atom stereocenters. The highest BCUT2D eigenvalue weighted by Crippen LogP contribution is 2.26. The number of halogens is 1. The van der Waals surface area contributed by atoms with E-state index in [1.165, 1.54) is 28.4 Å². The lowest BCUT2D eigenvalue weighted by molar-refractivity contribution is 1.03. The van der Waals surface area contributed by atoms with Crippen molar-refractivity contribution in [1.29, 1.82) is 0 Å². The van der Waals surface area contributed by atoms with Crippen LogP contribution >= 0.6 is 15.9 Å². The van der Waals surface area contributed by atoms with Gasteiger partial charge in [-0.05, 0) is 42.5 Å². The van der Waals surface area contributed by atoms with E-state index in [1.54, 1.807) is 0 Å². The van der Waals surface area contributed by atoms with E-state index in [2.05, 4.69) is 40.5 Å². The molecule has 0 heterocycles. The van der Waals surface area contributed by atoms with Crippen LogP contribution in [-0.4, -0.2) is 0 Å². The quantitative estimate of drug-likeness (QED) is 0.598. The van der Waals surface area contributed by atoms with E-state index >= 15 is 0 Å². The van der Waals surface area contributed by atoms with Gasteiger partial charge >= 0.3 is 0 Å². The maximum atomic E-state index is 3.44. The molecular formula is C9H8Br. The standard InChI is InChI=1S/C9H8Br/c10-9-5-4-7-2-1-3-8(7)6-9/h3-6H,1-2H2. The lowest BCUT2D eigenvalue weighted by atomic mass is 10.1. The Labute approximate surface area is 69.4 Å². The van der Waals surface area contributed by atoms with Crippen molar-refractivity contribution in [2.75, 3.05) is 0 Å². The molecule has 0 amide bonds. The molecule has 0 N–H and O–H groups in total. The Morgan fingerprint density at radius 3 is 3.10 bits per heavy atom. The zero-order chi connectivity index (χ0) is 6.97. The van der Waals surface area contributed by atoms with Crippen LogP contribution in [0.2, 0.25) is 0 Å². The van der Waals surface area contributed by atoms with E-state index in [1.807, 2.05) is 0 Å². The van der Waals surface area contributed by atoms with Crippen LogP contribution in [0.4, 0.5) is 0 Å². The van der Waals surface area contributed by atoms with Gasteiger partial charge < -0.3 is 0 Å². The van der Waals surface area contributed by atoms with Crippen LogP contribution in [0.25, 0.3) is 0 Å². The molecule has 0 fully saturated rings. The molecule has 1 aromatic carbocycles. The van der Waals surface area contributed by atoms with Gasteiger partial charge in [0.05, 0.1) is 0 Å². The first kappa shape index (κ1) is 6.41. The topological polar surface area (TPSA) is 0 Å². The summed E-state index contributed by atoms with van der Waals surface area (Å²) < 4.78 is 1.18. The zero-order valence-electron chi connectivity index (χ0n) is 5.60.